The number of nitrogens with one attached hydrogen (secondary N) is 1. The number of rotatable bonds is 5. The molecule has 7 nitrogen and oxygen atoms in total. The normalized spacial score (nSPS) is 11.8. The van der Waals surface area contributed by atoms with Crippen molar-refractivity contribution in [2.45, 2.75) is 19.8 Å². The van der Waals surface area contributed by atoms with E-state index in [-0.39, 0.29) is 11.8 Å². The lowest BCUT2D eigenvalue weighted by Gasteiger charge is -2.15. The molecule has 0 saturated heterocycles. The standard InChI is InChI=1S/C18H19N5O2/c1-12(14-7-5-4-6-8-14)18(24)19-15-9-10-17(25-3)16(11-15)23-13(2)20-21-22-23/h4-12H,1-3H3,(H,19,24)/t12-/m0/s1. The minimum absolute atomic E-state index is 0.0873. The molecule has 0 saturated carbocycles. The van der Waals surface area contributed by atoms with Gasteiger partial charge in [0.1, 0.15) is 11.4 Å². The van der Waals surface area contributed by atoms with Crippen molar-refractivity contribution in [3.63, 3.8) is 0 Å². The Hall–Kier alpha value is -3.22. The van der Waals surface area contributed by atoms with Crippen LogP contribution in [0, 0.1) is 6.92 Å². The quantitative estimate of drug-likeness (QED) is 0.774. The summed E-state index contributed by atoms with van der Waals surface area (Å²) in [5.74, 6) is 0.890. The van der Waals surface area contributed by atoms with Crippen molar-refractivity contribution in [2.24, 2.45) is 0 Å². The number of methoxy groups -OCH3 is 1. The van der Waals surface area contributed by atoms with Crippen LogP contribution in [0.3, 0.4) is 0 Å². The molecule has 0 unspecified atom stereocenters. The van der Waals surface area contributed by atoms with Crippen molar-refractivity contribution in [1.82, 2.24) is 20.2 Å². The molecule has 0 aliphatic carbocycles. The van der Waals surface area contributed by atoms with Gasteiger partial charge in [0.05, 0.1) is 13.0 Å². The lowest BCUT2D eigenvalue weighted by molar-refractivity contribution is -0.117. The van der Waals surface area contributed by atoms with Crippen LogP contribution in [0.1, 0.15) is 24.2 Å². The van der Waals surface area contributed by atoms with Crippen molar-refractivity contribution in [2.75, 3.05) is 12.4 Å². The van der Waals surface area contributed by atoms with Gasteiger partial charge in [-0.3, -0.25) is 4.79 Å². The van der Waals surface area contributed by atoms with E-state index < -0.39 is 0 Å². The minimum Gasteiger partial charge on any atom is -0.494 e. The number of hydrogen-bond donors (Lipinski definition) is 1. The van der Waals surface area contributed by atoms with Crippen molar-refractivity contribution in [1.29, 1.82) is 0 Å². The van der Waals surface area contributed by atoms with Gasteiger partial charge in [-0.15, -0.1) is 5.10 Å². The van der Waals surface area contributed by atoms with Crippen molar-refractivity contribution < 1.29 is 9.53 Å². The fourth-order valence-corrected chi connectivity index (χ4v) is 2.53. The number of carbonyl (C=O) groups is 1. The maximum absolute atomic E-state index is 12.5. The minimum atomic E-state index is -0.262. The molecule has 1 amide bonds. The number of hydrogen-bond acceptors (Lipinski definition) is 5. The Balaban J connectivity index is 1.86. The van der Waals surface area contributed by atoms with Crippen LogP contribution in [-0.2, 0) is 4.79 Å². The van der Waals surface area contributed by atoms with E-state index in [4.69, 9.17) is 4.74 Å². The first kappa shape index (κ1) is 16.6. The zero-order valence-corrected chi connectivity index (χ0v) is 14.3. The van der Waals surface area contributed by atoms with E-state index >= 15 is 0 Å². The van der Waals surface area contributed by atoms with E-state index in [0.29, 0.717) is 22.9 Å². The van der Waals surface area contributed by atoms with Crippen LogP contribution >= 0.6 is 0 Å². The number of carbonyl (C=O) groups excluding carboxylic acids is 1. The molecule has 0 fully saturated rings. The van der Waals surface area contributed by atoms with Gasteiger partial charge >= 0.3 is 0 Å². The fourth-order valence-electron chi connectivity index (χ4n) is 2.53. The van der Waals surface area contributed by atoms with Gasteiger partial charge in [0.25, 0.3) is 0 Å². The first-order valence-electron chi connectivity index (χ1n) is 7.89. The third kappa shape index (κ3) is 3.50. The molecule has 2 aromatic carbocycles. The molecule has 0 spiro atoms. The van der Waals surface area contributed by atoms with Gasteiger partial charge in [-0.2, -0.15) is 4.68 Å². The third-order valence-corrected chi connectivity index (χ3v) is 3.99. The summed E-state index contributed by atoms with van der Waals surface area (Å²) in [7, 11) is 1.58. The first-order chi connectivity index (χ1) is 12.1. The summed E-state index contributed by atoms with van der Waals surface area (Å²) in [5, 5.41) is 14.4. The highest BCUT2D eigenvalue weighted by atomic mass is 16.5. The molecular formula is C18H19N5O2. The largest absolute Gasteiger partial charge is 0.494 e. The summed E-state index contributed by atoms with van der Waals surface area (Å²) in [6.45, 7) is 3.67. The number of nitrogens with zero attached hydrogens (tertiary/aromatic N) is 4. The molecule has 0 aliphatic rings. The van der Waals surface area contributed by atoms with Gasteiger partial charge in [0.15, 0.2) is 5.82 Å². The summed E-state index contributed by atoms with van der Waals surface area (Å²) >= 11 is 0. The van der Waals surface area contributed by atoms with E-state index in [9.17, 15) is 4.79 Å². The van der Waals surface area contributed by atoms with Crippen molar-refractivity contribution >= 4 is 11.6 Å². The number of tetrazole rings is 1. The SMILES string of the molecule is COc1ccc(NC(=O)[C@@H](C)c2ccccc2)cc1-n1nnnc1C. The summed E-state index contributed by atoms with van der Waals surface area (Å²) in [6, 6.07) is 15.0. The number of anilines is 1. The summed E-state index contributed by atoms with van der Waals surface area (Å²) in [5.41, 5.74) is 2.28. The topological polar surface area (TPSA) is 81.9 Å². The van der Waals surface area contributed by atoms with Crippen LogP contribution in [-0.4, -0.2) is 33.2 Å². The summed E-state index contributed by atoms with van der Waals surface area (Å²) in [4.78, 5) is 12.5. The molecule has 0 radical (unpaired) electrons. The maximum Gasteiger partial charge on any atom is 0.231 e. The summed E-state index contributed by atoms with van der Waals surface area (Å²) in [6.07, 6.45) is 0. The average Bonchev–Trinajstić information content (AvgIpc) is 3.07. The van der Waals surface area contributed by atoms with Crippen LogP contribution in [0.25, 0.3) is 5.69 Å². The van der Waals surface area contributed by atoms with Crippen LogP contribution in [0.15, 0.2) is 48.5 Å². The molecule has 7 heteroatoms. The average molecular weight is 337 g/mol. The molecule has 1 N–H and O–H groups in total. The molecule has 128 valence electrons. The Morgan fingerprint density at radius 2 is 1.96 bits per heavy atom. The molecule has 1 atom stereocenters. The number of aromatic nitrogens is 4. The number of benzene rings is 2. The highest BCUT2D eigenvalue weighted by molar-refractivity contribution is 5.95. The highest BCUT2D eigenvalue weighted by Gasteiger charge is 2.17. The Morgan fingerprint density at radius 1 is 1.20 bits per heavy atom. The zero-order chi connectivity index (χ0) is 17.8. The molecule has 3 rings (SSSR count). The molecule has 3 aromatic rings. The Bertz CT molecular complexity index is 876. The van der Waals surface area contributed by atoms with Crippen LogP contribution in [0.4, 0.5) is 5.69 Å². The monoisotopic (exact) mass is 337 g/mol. The van der Waals surface area contributed by atoms with Crippen LogP contribution < -0.4 is 10.1 Å². The van der Waals surface area contributed by atoms with Gasteiger partial charge in [-0.05, 0) is 48.0 Å². The molecule has 1 aromatic heterocycles. The second-order valence-electron chi connectivity index (χ2n) is 5.65. The second-order valence-corrected chi connectivity index (χ2v) is 5.65. The van der Waals surface area contributed by atoms with Gasteiger partial charge in [0, 0.05) is 5.69 Å². The Morgan fingerprint density at radius 3 is 2.60 bits per heavy atom. The van der Waals surface area contributed by atoms with Crippen molar-refractivity contribution in [3.05, 3.63) is 59.9 Å². The lowest BCUT2D eigenvalue weighted by Crippen LogP contribution is -2.19. The van der Waals surface area contributed by atoms with Crippen LogP contribution in [0.2, 0.25) is 0 Å². The predicted octanol–water partition coefficient (Wildman–Crippen LogP) is 2.72. The zero-order valence-electron chi connectivity index (χ0n) is 14.3. The highest BCUT2D eigenvalue weighted by Crippen LogP contribution is 2.27. The number of aryl methyl sites for hydroxylation is 1. The lowest BCUT2D eigenvalue weighted by atomic mass is 10.0. The van der Waals surface area contributed by atoms with Crippen LogP contribution in [0.5, 0.6) is 5.75 Å². The van der Waals surface area contributed by atoms with E-state index in [1.54, 1.807) is 36.9 Å². The molecular weight excluding hydrogens is 318 g/mol. The van der Waals surface area contributed by atoms with Gasteiger partial charge in [0.2, 0.25) is 5.91 Å². The smallest absolute Gasteiger partial charge is 0.231 e. The summed E-state index contributed by atoms with van der Waals surface area (Å²) < 4.78 is 6.94. The Kier molecular flexibility index (Phi) is 4.74. The number of ether oxygens (including phenoxy) is 1. The third-order valence-electron chi connectivity index (χ3n) is 3.99. The molecule has 1 heterocycles. The maximum atomic E-state index is 12.5. The van der Waals surface area contributed by atoms with E-state index in [2.05, 4.69) is 20.8 Å². The van der Waals surface area contributed by atoms with Gasteiger partial charge < -0.3 is 10.1 Å². The van der Waals surface area contributed by atoms with Crippen molar-refractivity contribution in [3.8, 4) is 11.4 Å². The van der Waals surface area contributed by atoms with E-state index in [1.165, 1.54) is 0 Å². The van der Waals surface area contributed by atoms with E-state index in [1.807, 2.05) is 37.3 Å². The predicted molar refractivity (Wildman–Crippen MR) is 93.9 cm³/mol. The molecule has 0 bridgehead atoms. The first-order valence-corrected chi connectivity index (χ1v) is 7.89. The van der Waals surface area contributed by atoms with E-state index in [0.717, 1.165) is 5.56 Å². The second kappa shape index (κ2) is 7.12. The fraction of sp³-hybridized carbons (Fsp3) is 0.222. The Labute approximate surface area is 145 Å². The van der Waals surface area contributed by atoms with Gasteiger partial charge in [-0.1, -0.05) is 30.3 Å². The van der Waals surface area contributed by atoms with Gasteiger partial charge in [-0.25, -0.2) is 0 Å². The number of amides is 1. The molecule has 0 aliphatic heterocycles. The molecule has 25 heavy (non-hydrogen) atoms.